The topological polar surface area (TPSA) is 75.3 Å². The molecule has 0 bridgehead atoms. The first-order chi connectivity index (χ1) is 11.0. The molecule has 0 saturated heterocycles. The number of rotatable bonds is 8. The standard InChI is InChI=1S/C17H26N2O3S/c1-2-13-18-17(20)12-9-14-7-10-16(11-8-14)23(21,22)19-15-5-3-4-6-15/h7-8,10-11,15,19H,2-6,9,12-13H2,1H3,(H,18,20). The monoisotopic (exact) mass is 338 g/mol. The fourth-order valence-electron chi connectivity index (χ4n) is 2.78. The molecule has 1 aromatic rings. The Balaban J connectivity index is 1.89. The van der Waals surface area contributed by atoms with Crippen LogP contribution in [-0.4, -0.2) is 26.9 Å². The van der Waals surface area contributed by atoms with Crippen LogP contribution in [0, 0.1) is 0 Å². The maximum atomic E-state index is 12.3. The molecule has 23 heavy (non-hydrogen) atoms. The van der Waals surface area contributed by atoms with E-state index in [0.29, 0.717) is 24.3 Å². The van der Waals surface area contributed by atoms with Gasteiger partial charge in [-0.25, -0.2) is 13.1 Å². The highest BCUT2D eigenvalue weighted by molar-refractivity contribution is 7.89. The van der Waals surface area contributed by atoms with Crippen LogP contribution >= 0.6 is 0 Å². The Morgan fingerprint density at radius 3 is 2.43 bits per heavy atom. The second-order valence-electron chi connectivity index (χ2n) is 6.10. The number of nitrogens with one attached hydrogen (secondary N) is 2. The second-order valence-corrected chi connectivity index (χ2v) is 7.81. The van der Waals surface area contributed by atoms with Crippen LogP contribution in [0.25, 0.3) is 0 Å². The van der Waals surface area contributed by atoms with Crippen molar-refractivity contribution in [2.24, 2.45) is 0 Å². The molecule has 0 heterocycles. The minimum atomic E-state index is -3.43. The molecule has 0 spiro atoms. The minimum Gasteiger partial charge on any atom is -0.356 e. The van der Waals surface area contributed by atoms with Crippen LogP contribution in [0.1, 0.15) is 51.0 Å². The lowest BCUT2D eigenvalue weighted by molar-refractivity contribution is -0.121. The van der Waals surface area contributed by atoms with E-state index in [2.05, 4.69) is 10.0 Å². The van der Waals surface area contributed by atoms with Crippen LogP contribution in [0.3, 0.4) is 0 Å². The molecule has 5 nitrogen and oxygen atoms in total. The van der Waals surface area contributed by atoms with Crippen LogP contribution < -0.4 is 10.0 Å². The Bertz CT molecular complexity index is 605. The first-order valence-electron chi connectivity index (χ1n) is 8.39. The lowest BCUT2D eigenvalue weighted by Gasteiger charge is -2.12. The molecule has 128 valence electrons. The van der Waals surface area contributed by atoms with E-state index in [-0.39, 0.29) is 11.9 Å². The number of hydrogen-bond donors (Lipinski definition) is 2. The quantitative estimate of drug-likeness (QED) is 0.764. The van der Waals surface area contributed by atoms with Gasteiger partial charge in [0.15, 0.2) is 0 Å². The van der Waals surface area contributed by atoms with Crippen LogP contribution in [0.5, 0.6) is 0 Å². The summed E-state index contributed by atoms with van der Waals surface area (Å²) in [5, 5.41) is 2.83. The number of carbonyl (C=O) groups is 1. The average molecular weight is 338 g/mol. The molecule has 2 rings (SSSR count). The summed E-state index contributed by atoms with van der Waals surface area (Å²) in [6.45, 7) is 2.71. The molecule has 2 N–H and O–H groups in total. The molecular formula is C17H26N2O3S. The summed E-state index contributed by atoms with van der Waals surface area (Å²) in [6, 6.07) is 6.89. The molecule has 0 radical (unpaired) electrons. The Morgan fingerprint density at radius 1 is 1.17 bits per heavy atom. The van der Waals surface area contributed by atoms with Gasteiger partial charge in [0.1, 0.15) is 0 Å². The Morgan fingerprint density at radius 2 is 1.83 bits per heavy atom. The number of sulfonamides is 1. The number of hydrogen-bond acceptors (Lipinski definition) is 3. The summed E-state index contributed by atoms with van der Waals surface area (Å²) >= 11 is 0. The van der Waals surface area contributed by atoms with E-state index < -0.39 is 10.0 Å². The van der Waals surface area contributed by atoms with Crippen molar-refractivity contribution in [2.75, 3.05) is 6.54 Å². The smallest absolute Gasteiger partial charge is 0.240 e. The van der Waals surface area contributed by atoms with Gasteiger partial charge in [-0.05, 0) is 43.4 Å². The maximum Gasteiger partial charge on any atom is 0.240 e. The second kappa shape index (κ2) is 8.45. The van der Waals surface area contributed by atoms with Gasteiger partial charge in [-0.2, -0.15) is 0 Å². The van der Waals surface area contributed by atoms with Crippen molar-refractivity contribution in [3.63, 3.8) is 0 Å². The average Bonchev–Trinajstić information content (AvgIpc) is 3.03. The maximum absolute atomic E-state index is 12.3. The van der Waals surface area contributed by atoms with Crippen molar-refractivity contribution in [3.8, 4) is 0 Å². The largest absolute Gasteiger partial charge is 0.356 e. The summed E-state index contributed by atoms with van der Waals surface area (Å²) in [6.07, 6.45) is 5.98. The molecule has 0 aliphatic heterocycles. The van der Waals surface area contributed by atoms with Crippen molar-refractivity contribution in [3.05, 3.63) is 29.8 Å². The third-order valence-electron chi connectivity index (χ3n) is 4.12. The van der Waals surface area contributed by atoms with Crippen molar-refractivity contribution in [1.82, 2.24) is 10.0 Å². The highest BCUT2D eigenvalue weighted by Gasteiger charge is 2.22. The number of carbonyl (C=O) groups excluding carboxylic acids is 1. The molecule has 1 amide bonds. The fraction of sp³-hybridized carbons (Fsp3) is 0.588. The zero-order chi connectivity index (χ0) is 16.7. The van der Waals surface area contributed by atoms with Gasteiger partial charge in [0.25, 0.3) is 0 Å². The predicted molar refractivity (Wildman–Crippen MR) is 90.6 cm³/mol. The number of benzene rings is 1. The molecule has 0 aromatic heterocycles. The van der Waals surface area contributed by atoms with Gasteiger partial charge in [0.05, 0.1) is 4.90 Å². The number of aryl methyl sites for hydroxylation is 1. The van der Waals surface area contributed by atoms with Gasteiger partial charge in [0.2, 0.25) is 15.9 Å². The van der Waals surface area contributed by atoms with Crippen LogP contribution in [0.15, 0.2) is 29.2 Å². The first-order valence-corrected chi connectivity index (χ1v) is 9.87. The number of amides is 1. The van der Waals surface area contributed by atoms with E-state index in [0.717, 1.165) is 37.7 Å². The molecule has 1 aliphatic rings. The van der Waals surface area contributed by atoms with E-state index in [4.69, 9.17) is 0 Å². The lowest BCUT2D eigenvalue weighted by Crippen LogP contribution is -2.32. The zero-order valence-corrected chi connectivity index (χ0v) is 14.5. The molecule has 6 heteroatoms. The summed E-state index contributed by atoms with van der Waals surface area (Å²) in [4.78, 5) is 11.9. The minimum absolute atomic E-state index is 0.0337. The summed E-state index contributed by atoms with van der Waals surface area (Å²) < 4.78 is 27.4. The molecule has 1 aliphatic carbocycles. The van der Waals surface area contributed by atoms with Gasteiger partial charge in [-0.15, -0.1) is 0 Å². The summed E-state index contributed by atoms with van der Waals surface area (Å²) in [7, 11) is -3.43. The molecule has 1 fully saturated rings. The third kappa shape index (κ3) is 5.62. The Hall–Kier alpha value is -1.40. The zero-order valence-electron chi connectivity index (χ0n) is 13.7. The van der Waals surface area contributed by atoms with E-state index >= 15 is 0 Å². The first kappa shape index (κ1) is 17.9. The van der Waals surface area contributed by atoms with Gasteiger partial charge >= 0.3 is 0 Å². The van der Waals surface area contributed by atoms with E-state index in [1.165, 1.54) is 0 Å². The van der Waals surface area contributed by atoms with Gasteiger partial charge in [0, 0.05) is 19.0 Å². The van der Waals surface area contributed by atoms with Gasteiger partial charge < -0.3 is 5.32 Å². The highest BCUT2D eigenvalue weighted by atomic mass is 32.2. The van der Waals surface area contributed by atoms with E-state index in [1.807, 2.05) is 6.92 Å². The molecule has 0 unspecified atom stereocenters. The van der Waals surface area contributed by atoms with Crippen LogP contribution in [-0.2, 0) is 21.2 Å². The normalized spacial score (nSPS) is 15.7. The van der Waals surface area contributed by atoms with Crippen molar-refractivity contribution in [1.29, 1.82) is 0 Å². The molecule has 1 saturated carbocycles. The highest BCUT2D eigenvalue weighted by Crippen LogP contribution is 2.20. The van der Waals surface area contributed by atoms with E-state index in [9.17, 15) is 13.2 Å². The van der Waals surface area contributed by atoms with Crippen molar-refractivity contribution >= 4 is 15.9 Å². The van der Waals surface area contributed by atoms with Crippen LogP contribution in [0.4, 0.5) is 0 Å². The Labute approximate surface area is 138 Å². The van der Waals surface area contributed by atoms with E-state index in [1.54, 1.807) is 24.3 Å². The van der Waals surface area contributed by atoms with Gasteiger partial charge in [-0.1, -0.05) is 31.9 Å². The Kier molecular flexibility index (Phi) is 6.59. The SMILES string of the molecule is CCCNC(=O)CCc1ccc(S(=O)(=O)NC2CCCC2)cc1. The third-order valence-corrected chi connectivity index (χ3v) is 5.66. The molecule has 0 atom stereocenters. The van der Waals surface area contributed by atoms with Gasteiger partial charge in [-0.3, -0.25) is 4.79 Å². The van der Waals surface area contributed by atoms with Crippen LogP contribution in [0.2, 0.25) is 0 Å². The summed E-state index contributed by atoms with van der Waals surface area (Å²) in [5.41, 5.74) is 0.969. The fourth-order valence-corrected chi connectivity index (χ4v) is 4.08. The molecular weight excluding hydrogens is 312 g/mol. The molecule has 1 aromatic carbocycles. The predicted octanol–water partition coefficient (Wildman–Crippen LogP) is 2.37. The lowest BCUT2D eigenvalue weighted by atomic mass is 10.1. The summed E-state index contributed by atoms with van der Waals surface area (Å²) in [5.74, 6) is 0.0337. The van der Waals surface area contributed by atoms with Crippen molar-refractivity contribution in [2.45, 2.75) is 62.8 Å². The van der Waals surface area contributed by atoms with Crippen molar-refractivity contribution < 1.29 is 13.2 Å².